The molecule has 1 aromatic heterocycles. The van der Waals surface area contributed by atoms with Gasteiger partial charge in [-0.15, -0.1) is 11.3 Å². The highest BCUT2D eigenvalue weighted by molar-refractivity contribution is 7.14. The third kappa shape index (κ3) is 4.37. The van der Waals surface area contributed by atoms with Crippen LogP contribution < -0.4 is 5.32 Å². The van der Waals surface area contributed by atoms with Crippen molar-refractivity contribution < 1.29 is 14.1 Å². The van der Waals surface area contributed by atoms with Gasteiger partial charge in [0.1, 0.15) is 5.82 Å². The average Bonchev–Trinajstić information content (AvgIpc) is 3.10. The van der Waals surface area contributed by atoms with Crippen LogP contribution in [0.4, 0.5) is 15.2 Å². The van der Waals surface area contributed by atoms with Crippen LogP contribution >= 0.6 is 11.3 Å². The van der Waals surface area contributed by atoms with Gasteiger partial charge in [-0.1, -0.05) is 12.1 Å². The number of nitrogens with zero attached hydrogens (tertiary/aromatic N) is 2. The Morgan fingerprint density at radius 2 is 1.85 bits per heavy atom. The van der Waals surface area contributed by atoms with Crippen LogP contribution in [-0.4, -0.2) is 15.8 Å². The lowest BCUT2D eigenvalue weighted by Gasteiger charge is -1.98. The first-order valence-corrected chi connectivity index (χ1v) is 8.34. The summed E-state index contributed by atoms with van der Waals surface area (Å²) in [5.74, 6) is -0.702. The smallest absolute Gasteiger partial charge is 0.269 e. The van der Waals surface area contributed by atoms with Gasteiger partial charge in [-0.3, -0.25) is 20.2 Å². The fourth-order valence-electron chi connectivity index (χ4n) is 2.11. The highest BCUT2D eigenvalue weighted by Gasteiger charge is 2.09. The van der Waals surface area contributed by atoms with Gasteiger partial charge in [0.25, 0.3) is 5.69 Å². The zero-order valence-electron chi connectivity index (χ0n) is 13.3. The van der Waals surface area contributed by atoms with Crippen molar-refractivity contribution in [2.75, 3.05) is 5.32 Å². The van der Waals surface area contributed by atoms with Gasteiger partial charge in [0.05, 0.1) is 10.6 Å². The maximum Gasteiger partial charge on any atom is 0.269 e. The first kappa shape index (κ1) is 17.4. The molecular formula is C18H12FN3O3S. The van der Waals surface area contributed by atoms with Gasteiger partial charge in [0.15, 0.2) is 5.13 Å². The molecule has 0 saturated carbocycles. The van der Waals surface area contributed by atoms with E-state index in [0.717, 1.165) is 0 Å². The molecule has 3 aromatic rings. The predicted octanol–water partition coefficient (Wildman–Crippen LogP) is 4.51. The van der Waals surface area contributed by atoms with Gasteiger partial charge in [-0.25, -0.2) is 9.37 Å². The Bertz CT molecular complexity index is 966. The van der Waals surface area contributed by atoms with Crippen molar-refractivity contribution in [3.63, 3.8) is 0 Å². The molecule has 0 atom stereocenters. The number of anilines is 1. The van der Waals surface area contributed by atoms with E-state index in [1.54, 1.807) is 35.7 Å². The van der Waals surface area contributed by atoms with Crippen LogP contribution in [0, 0.1) is 15.9 Å². The number of halogens is 1. The average molecular weight is 369 g/mol. The Labute approximate surface area is 151 Å². The maximum absolute atomic E-state index is 12.8. The zero-order chi connectivity index (χ0) is 18.5. The maximum atomic E-state index is 12.8. The van der Waals surface area contributed by atoms with E-state index in [4.69, 9.17) is 0 Å². The van der Waals surface area contributed by atoms with E-state index in [9.17, 15) is 19.3 Å². The third-order valence-electron chi connectivity index (χ3n) is 3.41. The molecular weight excluding hydrogens is 357 g/mol. The number of benzene rings is 2. The highest BCUT2D eigenvalue weighted by atomic mass is 32.1. The second-order valence-corrected chi connectivity index (χ2v) is 6.07. The van der Waals surface area contributed by atoms with Gasteiger partial charge < -0.3 is 0 Å². The number of rotatable bonds is 5. The molecule has 130 valence electrons. The fraction of sp³-hybridized carbons (Fsp3) is 0. The summed E-state index contributed by atoms with van der Waals surface area (Å²) in [6.45, 7) is 0. The number of aromatic nitrogens is 1. The summed E-state index contributed by atoms with van der Waals surface area (Å²) in [5, 5.41) is 15.5. The number of non-ortho nitro benzene ring substituents is 1. The number of nitro benzene ring substituents is 1. The van der Waals surface area contributed by atoms with Crippen LogP contribution in [0.15, 0.2) is 60.0 Å². The van der Waals surface area contributed by atoms with E-state index in [1.807, 2.05) is 0 Å². The molecule has 3 rings (SSSR count). The standard InChI is InChI=1S/C18H12FN3O3S/c19-14-6-1-12(2-7-14)3-10-17(23)21-18-20-16(11-26-18)13-4-8-15(9-5-13)22(24)25/h1-11H,(H,20,21,23)/b10-3+. The van der Waals surface area contributed by atoms with E-state index < -0.39 is 4.92 Å². The molecule has 0 fully saturated rings. The minimum absolute atomic E-state index is 0.00318. The number of hydrogen-bond donors (Lipinski definition) is 1. The van der Waals surface area contributed by atoms with Crippen molar-refractivity contribution >= 4 is 34.1 Å². The zero-order valence-corrected chi connectivity index (χ0v) is 14.1. The largest absolute Gasteiger partial charge is 0.298 e. The highest BCUT2D eigenvalue weighted by Crippen LogP contribution is 2.26. The number of nitrogens with one attached hydrogen (secondary N) is 1. The number of thiazole rings is 1. The molecule has 0 bridgehead atoms. The quantitative estimate of drug-likeness (QED) is 0.407. The number of carbonyl (C=O) groups excluding carboxylic acids is 1. The van der Waals surface area contributed by atoms with Crippen LogP contribution in [0.2, 0.25) is 0 Å². The van der Waals surface area contributed by atoms with E-state index in [2.05, 4.69) is 10.3 Å². The van der Waals surface area contributed by atoms with E-state index in [-0.39, 0.29) is 17.4 Å². The fourth-order valence-corrected chi connectivity index (χ4v) is 2.83. The summed E-state index contributed by atoms with van der Waals surface area (Å²) in [5.41, 5.74) is 2.03. The molecule has 0 saturated heterocycles. The number of hydrogen-bond acceptors (Lipinski definition) is 5. The van der Waals surface area contributed by atoms with Crippen molar-refractivity contribution in [2.24, 2.45) is 0 Å². The first-order chi connectivity index (χ1) is 12.5. The van der Waals surface area contributed by atoms with E-state index in [0.29, 0.717) is 22.0 Å². The minimum Gasteiger partial charge on any atom is -0.298 e. The monoisotopic (exact) mass is 369 g/mol. The summed E-state index contributed by atoms with van der Waals surface area (Å²) >= 11 is 1.25. The van der Waals surface area contributed by atoms with Crippen LogP contribution in [0.3, 0.4) is 0 Å². The Kier molecular flexibility index (Phi) is 5.14. The van der Waals surface area contributed by atoms with Crippen LogP contribution in [0.5, 0.6) is 0 Å². The molecule has 1 amide bonds. The Morgan fingerprint density at radius 1 is 1.15 bits per heavy atom. The van der Waals surface area contributed by atoms with E-state index in [1.165, 1.54) is 41.7 Å². The van der Waals surface area contributed by atoms with Crippen molar-refractivity contribution in [3.05, 3.63) is 81.5 Å². The minimum atomic E-state index is -0.468. The second kappa shape index (κ2) is 7.66. The Morgan fingerprint density at radius 3 is 2.50 bits per heavy atom. The summed E-state index contributed by atoms with van der Waals surface area (Å²) in [6, 6.07) is 11.8. The summed E-state index contributed by atoms with van der Waals surface area (Å²) < 4.78 is 12.8. The third-order valence-corrected chi connectivity index (χ3v) is 4.16. The van der Waals surface area contributed by atoms with Crippen LogP contribution in [0.25, 0.3) is 17.3 Å². The molecule has 6 nitrogen and oxygen atoms in total. The van der Waals surface area contributed by atoms with Crippen molar-refractivity contribution in [1.82, 2.24) is 4.98 Å². The SMILES string of the molecule is O=C(/C=C/c1ccc(F)cc1)Nc1nc(-c2ccc([N+](=O)[O-])cc2)cs1. The summed E-state index contributed by atoms with van der Waals surface area (Å²) in [4.78, 5) is 26.4. The Balaban J connectivity index is 1.65. The molecule has 26 heavy (non-hydrogen) atoms. The molecule has 2 aromatic carbocycles. The molecule has 0 spiro atoms. The molecule has 0 unspecified atom stereocenters. The van der Waals surface area contributed by atoms with Crippen molar-refractivity contribution in [1.29, 1.82) is 0 Å². The van der Waals surface area contributed by atoms with Gasteiger partial charge in [0.2, 0.25) is 5.91 Å². The van der Waals surface area contributed by atoms with Gasteiger partial charge in [-0.2, -0.15) is 0 Å². The first-order valence-electron chi connectivity index (χ1n) is 7.46. The van der Waals surface area contributed by atoms with Gasteiger partial charge >= 0.3 is 0 Å². The summed E-state index contributed by atoms with van der Waals surface area (Å²) in [7, 11) is 0. The predicted molar refractivity (Wildman–Crippen MR) is 98.3 cm³/mol. The molecule has 0 aliphatic rings. The number of amides is 1. The molecule has 1 heterocycles. The van der Waals surface area contributed by atoms with Gasteiger partial charge in [0, 0.05) is 29.2 Å². The van der Waals surface area contributed by atoms with Crippen molar-refractivity contribution in [2.45, 2.75) is 0 Å². The lowest BCUT2D eigenvalue weighted by atomic mass is 10.1. The molecule has 0 aliphatic heterocycles. The normalized spacial score (nSPS) is 10.8. The number of nitro groups is 1. The molecule has 0 aliphatic carbocycles. The van der Waals surface area contributed by atoms with Gasteiger partial charge in [-0.05, 0) is 35.9 Å². The topological polar surface area (TPSA) is 85.1 Å². The van der Waals surface area contributed by atoms with Crippen LogP contribution in [0.1, 0.15) is 5.56 Å². The molecule has 8 heteroatoms. The lowest BCUT2D eigenvalue weighted by Crippen LogP contribution is -2.07. The summed E-state index contributed by atoms with van der Waals surface area (Å²) in [6.07, 6.45) is 2.90. The lowest BCUT2D eigenvalue weighted by molar-refractivity contribution is -0.384. The molecule has 1 N–H and O–H groups in total. The van der Waals surface area contributed by atoms with E-state index >= 15 is 0 Å². The van der Waals surface area contributed by atoms with Crippen LogP contribution in [-0.2, 0) is 4.79 Å². The van der Waals surface area contributed by atoms with Crippen molar-refractivity contribution in [3.8, 4) is 11.3 Å². The Hall–Kier alpha value is -3.39. The number of carbonyl (C=O) groups is 1. The second-order valence-electron chi connectivity index (χ2n) is 5.22. The molecule has 0 radical (unpaired) electrons.